The highest BCUT2D eigenvalue weighted by atomic mass is 16.5. The number of carbonyl (C=O) groups excluding carboxylic acids is 2. The summed E-state index contributed by atoms with van der Waals surface area (Å²) in [7, 11) is 0. The van der Waals surface area contributed by atoms with E-state index in [1.165, 1.54) is 0 Å². The summed E-state index contributed by atoms with van der Waals surface area (Å²) in [6, 6.07) is 3.73. The van der Waals surface area contributed by atoms with Gasteiger partial charge in [-0.3, -0.25) is 14.8 Å². The second-order valence-electron chi connectivity index (χ2n) is 8.77. The average Bonchev–Trinajstić information content (AvgIpc) is 2.65. The smallest absolute Gasteiger partial charge is 0.336 e. The second kappa shape index (κ2) is 8.57. The Kier molecular flexibility index (Phi) is 6.32. The highest BCUT2D eigenvalue weighted by molar-refractivity contribution is 6.12. The number of pyridine rings is 1. The van der Waals surface area contributed by atoms with Crippen LogP contribution < -0.4 is 0 Å². The minimum absolute atomic E-state index is 0.00913. The molecule has 2 atom stereocenters. The first-order valence-corrected chi connectivity index (χ1v) is 10.3. The summed E-state index contributed by atoms with van der Waals surface area (Å²) in [4.78, 5) is 35.3. The number of aliphatic imine (C=N–C) groups is 1. The summed E-state index contributed by atoms with van der Waals surface area (Å²) in [5, 5.41) is 0. The number of ketones is 1. The molecule has 0 aromatic carbocycles. The zero-order valence-corrected chi connectivity index (χ0v) is 17.9. The molecule has 156 valence electrons. The van der Waals surface area contributed by atoms with Gasteiger partial charge in [-0.05, 0) is 44.2 Å². The van der Waals surface area contributed by atoms with Crippen molar-refractivity contribution in [1.29, 1.82) is 0 Å². The third kappa shape index (κ3) is 4.64. The standard InChI is InChI=1S/C23H30N2O4/c1-6-28-22(27)21-17(13-29-14(2)3)25-16-10-23(4,5)11-18(26)20(16)19(21)15-8-7-9-24-12-15/h7-9,12,14,19-20H,6,10-11,13H2,1-5H3. The minimum atomic E-state index is -0.463. The first-order valence-electron chi connectivity index (χ1n) is 10.3. The molecule has 0 radical (unpaired) electrons. The summed E-state index contributed by atoms with van der Waals surface area (Å²) in [6.45, 7) is 10.3. The molecule has 1 aromatic heterocycles. The quantitative estimate of drug-likeness (QED) is 0.680. The lowest BCUT2D eigenvalue weighted by Gasteiger charge is -2.41. The highest BCUT2D eigenvalue weighted by Crippen LogP contribution is 2.46. The van der Waals surface area contributed by atoms with Crippen molar-refractivity contribution in [1.82, 2.24) is 4.98 Å². The molecule has 2 heterocycles. The van der Waals surface area contributed by atoms with Crippen LogP contribution in [0.15, 0.2) is 40.8 Å². The summed E-state index contributed by atoms with van der Waals surface area (Å²) in [5.41, 5.74) is 2.47. The number of rotatable bonds is 6. The van der Waals surface area contributed by atoms with Gasteiger partial charge in [0.1, 0.15) is 5.78 Å². The van der Waals surface area contributed by atoms with Crippen molar-refractivity contribution in [2.45, 2.75) is 59.5 Å². The predicted molar refractivity (Wildman–Crippen MR) is 111 cm³/mol. The van der Waals surface area contributed by atoms with Crippen LogP contribution in [0.2, 0.25) is 0 Å². The lowest BCUT2D eigenvalue weighted by atomic mass is 9.63. The summed E-state index contributed by atoms with van der Waals surface area (Å²) >= 11 is 0. The van der Waals surface area contributed by atoms with Crippen LogP contribution in [0.1, 0.15) is 58.9 Å². The topological polar surface area (TPSA) is 77.9 Å². The van der Waals surface area contributed by atoms with Crippen molar-refractivity contribution >= 4 is 17.5 Å². The molecule has 1 aliphatic heterocycles. The molecule has 1 fully saturated rings. The van der Waals surface area contributed by atoms with Crippen LogP contribution in [0.4, 0.5) is 0 Å². The van der Waals surface area contributed by atoms with Gasteiger partial charge in [-0.15, -0.1) is 0 Å². The first kappa shape index (κ1) is 21.4. The number of esters is 1. The molecule has 0 bridgehead atoms. The number of Topliss-reactive ketones (excluding diaryl/α,β-unsaturated/α-hetero) is 1. The molecule has 6 nitrogen and oxygen atoms in total. The van der Waals surface area contributed by atoms with Gasteiger partial charge in [0, 0.05) is 30.4 Å². The largest absolute Gasteiger partial charge is 0.463 e. The molecular formula is C23H30N2O4. The van der Waals surface area contributed by atoms with Gasteiger partial charge in [0.15, 0.2) is 0 Å². The Morgan fingerprint density at radius 3 is 2.66 bits per heavy atom. The van der Waals surface area contributed by atoms with Gasteiger partial charge < -0.3 is 9.47 Å². The molecule has 0 saturated heterocycles. The Morgan fingerprint density at radius 2 is 2.03 bits per heavy atom. The lowest BCUT2D eigenvalue weighted by Crippen LogP contribution is -2.44. The number of hydrogen-bond donors (Lipinski definition) is 0. The molecular weight excluding hydrogens is 368 g/mol. The zero-order chi connectivity index (χ0) is 21.2. The molecule has 0 N–H and O–H groups in total. The van der Waals surface area contributed by atoms with Crippen molar-refractivity contribution in [3.05, 3.63) is 41.4 Å². The molecule has 29 heavy (non-hydrogen) atoms. The zero-order valence-electron chi connectivity index (χ0n) is 17.9. The van der Waals surface area contributed by atoms with E-state index in [2.05, 4.69) is 18.8 Å². The van der Waals surface area contributed by atoms with Crippen LogP contribution in [0.5, 0.6) is 0 Å². The van der Waals surface area contributed by atoms with Crippen LogP contribution in [-0.4, -0.2) is 41.8 Å². The lowest BCUT2D eigenvalue weighted by molar-refractivity contribution is -0.139. The number of carbonyl (C=O) groups is 2. The summed E-state index contributed by atoms with van der Waals surface area (Å²) in [5.74, 6) is -1.25. The van der Waals surface area contributed by atoms with Crippen LogP contribution in [-0.2, 0) is 19.1 Å². The van der Waals surface area contributed by atoms with Crippen molar-refractivity contribution < 1.29 is 19.1 Å². The predicted octanol–water partition coefficient (Wildman–Crippen LogP) is 3.87. The van der Waals surface area contributed by atoms with E-state index in [0.717, 1.165) is 11.3 Å². The number of hydrogen-bond acceptors (Lipinski definition) is 6. The van der Waals surface area contributed by atoms with Gasteiger partial charge in [-0.1, -0.05) is 19.9 Å². The van der Waals surface area contributed by atoms with Crippen LogP contribution >= 0.6 is 0 Å². The van der Waals surface area contributed by atoms with E-state index in [9.17, 15) is 9.59 Å². The van der Waals surface area contributed by atoms with Crippen molar-refractivity contribution in [3.63, 3.8) is 0 Å². The maximum absolute atomic E-state index is 13.2. The average molecular weight is 399 g/mol. The fourth-order valence-electron chi connectivity index (χ4n) is 4.23. The van der Waals surface area contributed by atoms with E-state index in [1.807, 2.05) is 26.0 Å². The Morgan fingerprint density at radius 1 is 1.28 bits per heavy atom. The molecule has 1 aromatic rings. The van der Waals surface area contributed by atoms with Crippen LogP contribution in [0.25, 0.3) is 0 Å². The maximum Gasteiger partial charge on any atom is 0.336 e. The molecule has 2 aliphatic rings. The van der Waals surface area contributed by atoms with Gasteiger partial charge in [0.25, 0.3) is 0 Å². The second-order valence-corrected chi connectivity index (χ2v) is 8.77. The molecule has 2 unspecified atom stereocenters. The SMILES string of the molecule is CCOC(=O)C1=C(COC(C)C)N=C2CC(C)(C)CC(=O)C2C1c1cccnc1. The number of nitrogens with zero attached hydrogens (tertiary/aromatic N) is 2. The fraction of sp³-hybridized carbons (Fsp3) is 0.565. The van der Waals surface area contributed by atoms with E-state index in [4.69, 9.17) is 14.5 Å². The van der Waals surface area contributed by atoms with Crippen LogP contribution in [0, 0.1) is 11.3 Å². The van der Waals surface area contributed by atoms with Gasteiger partial charge in [0.05, 0.1) is 36.5 Å². The van der Waals surface area contributed by atoms with Crippen LogP contribution in [0.3, 0.4) is 0 Å². The van der Waals surface area contributed by atoms with E-state index in [-0.39, 0.29) is 30.5 Å². The minimum Gasteiger partial charge on any atom is -0.463 e. The van der Waals surface area contributed by atoms with E-state index in [1.54, 1.807) is 19.3 Å². The molecule has 0 spiro atoms. The third-order valence-corrected chi connectivity index (χ3v) is 5.34. The van der Waals surface area contributed by atoms with Gasteiger partial charge in [0.2, 0.25) is 0 Å². The Labute approximate surface area is 172 Å². The number of fused-ring (bicyclic) bond motifs is 1. The Hall–Kier alpha value is -2.34. The first-order chi connectivity index (χ1) is 13.7. The number of aromatic nitrogens is 1. The van der Waals surface area contributed by atoms with E-state index < -0.39 is 17.8 Å². The van der Waals surface area contributed by atoms with E-state index >= 15 is 0 Å². The van der Waals surface area contributed by atoms with Crippen molar-refractivity contribution in [2.75, 3.05) is 13.2 Å². The molecule has 6 heteroatoms. The molecule has 1 aliphatic carbocycles. The molecule has 0 amide bonds. The van der Waals surface area contributed by atoms with E-state index in [0.29, 0.717) is 24.1 Å². The fourth-order valence-corrected chi connectivity index (χ4v) is 4.23. The molecule has 1 saturated carbocycles. The third-order valence-electron chi connectivity index (χ3n) is 5.34. The van der Waals surface area contributed by atoms with Crippen molar-refractivity contribution in [2.24, 2.45) is 16.3 Å². The molecule has 3 rings (SSSR count). The summed E-state index contributed by atoms with van der Waals surface area (Å²) in [6.07, 6.45) is 4.57. The van der Waals surface area contributed by atoms with Gasteiger partial charge in [-0.25, -0.2) is 4.79 Å². The summed E-state index contributed by atoms with van der Waals surface area (Å²) < 4.78 is 11.2. The van der Waals surface area contributed by atoms with Crippen molar-refractivity contribution in [3.8, 4) is 0 Å². The van der Waals surface area contributed by atoms with Gasteiger partial charge >= 0.3 is 5.97 Å². The monoisotopic (exact) mass is 398 g/mol. The highest BCUT2D eigenvalue weighted by Gasteiger charge is 2.48. The normalized spacial score (nSPS) is 23.7. The number of ether oxygens (including phenoxy) is 2. The van der Waals surface area contributed by atoms with Gasteiger partial charge in [-0.2, -0.15) is 0 Å². The Bertz CT molecular complexity index is 840. The Balaban J connectivity index is 2.18. The maximum atomic E-state index is 13.2.